The summed E-state index contributed by atoms with van der Waals surface area (Å²) >= 11 is 5.85. The second-order valence-corrected chi connectivity index (χ2v) is 7.49. The van der Waals surface area contributed by atoms with Gasteiger partial charge in [0.2, 0.25) is 5.91 Å². The zero-order chi connectivity index (χ0) is 23.1. The first-order valence-corrected chi connectivity index (χ1v) is 10.3. The number of halogens is 1. The third-order valence-electron chi connectivity index (χ3n) is 4.87. The monoisotopic (exact) mass is 456 g/mol. The lowest BCUT2D eigenvalue weighted by Gasteiger charge is -2.20. The zero-order valence-electron chi connectivity index (χ0n) is 18.1. The van der Waals surface area contributed by atoms with Crippen molar-refractivity contribution >= 4 is 23.4 Å². The van der Waals surface area contributed by atoms with Crippen molar-refractivity contribution in [3.8, 4) is 11.5 Å². The number of imidazole rings is 1. The van der Waals surface area contributed by atoms with Crippen LogP contribution in [0.4, 0.5) is 0 Å². The molecular formula is C23H25ClN4O4. The maximum absolute atomic E-state index is 12.7. The number of hydrogen-bond acceptors (Lipinski definition) is 5. The van der Waals surface area contributed by atoms with Crippen LogP contribution in [-0.4, -0.2) is 42.1 Å². The fraction of sp³-hybridized carbons (Fsp3) is 0.261. The molecule has 0 aliphatic rings. The van der Waals surface area contributed by atoms with Crippen LogP contribution in [0.3, 0.4) is 0 Å². The molecule has 0 fully saturated rings. The summed E-state index contributed by atoms with van der Waals surface area (Å²) in [7, 11) is 4.98. The number of carbonyl (C=O) groups excluding carboxylic acids is 2. The Labute approximate surface area is 191 Å². The zero-order valence-corrected chi connectivity index (χ0v) is 18.8. The average Bonchev–Trinajstić information content (AvgIpc) is 3.22. The molecule has 1 atom stereocenters. The topological polar surface area (TPSA) is 94.5 Å². The maximum atomic E-state index is 12.7. The van der Waals surface area contributed by atoms with Crippen LogP contribution in [-0.2, 0) is 11.8 Å². The number of amides is 2. The number of carbonyl (C=O) groups is 2. The van der Waals surface area contributed by atoms with Crippen molar-refractivity contribution in [2.45, 2.75) is 12.5 Å². The lowest BCUT2D eigenvalue weighted by atomic mass is 10.0. The van der Waals surface area contributed by atoms with E-state index in [4.69, 9.17) is 21.1 Å². The Morgan fingerprint density at radius 2 is 1.75 bits per heavy atom. The van der Waals surface area contributed by atoms with Crippen LogP contribution in [0.1, 0.15) is 34.2 Å². The average molecular weight is 457 g/mol. The van der Waals surface area contributed by atoms with Crippen LogP contribution < -0.4 is 20.1 Å². The van der Waals surface area contributed by atoms with Crippen molar-refractivity contribution in [1.82, 2.24) is 20.2 Å². The number of ether oxygens (including phenoxy) is 2. The molecule has 0 spiro atoms. The van der Waals surface area contributed by atoms with E-state index in [2.05, 4.69) is 15.6 Å². The Bertz CT molecular complexity index is 1060. The summed E-state index contributed by atoms with van der Waals surface area (Å²) in [5.74, 6) is 1.34. The Morgan fingerprint density at radius 1 is 1.09 bits per heavy atom. The summed E-state index contributed by atoms with van der Waals surface area (Å²) in [5.41, 5.74) is 1.23. The number of aryl methyl sites for hydroxylation is 1. The van der Waals surface area contributed by atoms with Gasteiger partial charge in [0.15, 0.2) is 0 Å². The molecule has 3 rings (SSSR count). The van der Waals surface area contributed by atoms with Gasteiger partial charge in [0.1, 0.15) is 23.4 Å². The molecule has 168 valence electrons. The molecule has 2 aromatic carbocycles. The van der Waals surface area contributed by atoms with Crippen LogP contribution in [0.15, 0.2) is 54.9 Å². The van der Waals surface area contributed by atoms with Gasteiger partial charge in [0, 0.05) is 49.1 Å². The summed E-state index contributed by atoms with van der Waals surface area (Å²) in [6.07, 6.45) is 3.57. The third-order valence-corrected chi connectivity index (χ3v) is 5.13. The number of hydrogen-bond donors (Lipinski definition) is 2. The minimum Gasteiger partial charge on any atom is -0.497 e. The summed E-state index contributed by atoms with van der Waals surface area (Å²) in [6.45, 7) is 0.183. The minimum atomic E-state index is -0.529. The van der Waals surface area contributed by atoms with Gasteiger partial charge in [-0.05, 0) is 42.0 Å². The molecule has 0 bridgehead atoms. The predicted molar refractivity (Wildman–Crippen MR) is 121 cm³/mol. The number of benzene rings is 2. The molecule has 2 N–H and O–H groups in total. The smallest absolute Gasteiger partial charge is 0.251 e. The molecule has 3 aromatic rings. The second-order valence-electron chi connectivity index (χ2n) is 7.06. The maximum Gasteiger partial charge on any atom is 0.251 e. The molecule has 0 unspecified atom stereocenters. The summed E-state index contributed by atoms with van der Waals surface area (Å²) in [4.78, 5) is 29.3. The van der Waals surface area contributed by atoms with Gasteiger partial charge in [-0.1, -0.05) is 11.6 Å². The van der Waals surface area contributed by atoms with E-state index in [1.165, 1.54) is 0 Å². The molecule has 0 radical (unpaired) electrons. The molecule has 32 heavy (non-hydrogen) atoms. The van der Waals surface area contributed by atoms with Gasteiger partial charge in [0.05, 0.1) is 14.2 Å². The largest absolute Gasteiger partial charge is 0.497 e. The molecule has 1 aromatic heterocycles. The quantitative estimate of drug-likeness (QED) is 0.516. The van der Waals surface area contributed by atoms with Gasteiger partial charge in [-0.3, -0.25) is 9.59 Å². The standard InChI is InChI=1S/C23H25ClN4O4/c1-28-11-10-25-22(28)21(16-12-18(31-2)14-19(13-16)32-3)27-20(29)8-9-26-23(30)15-4-6-17(24)7-5-15/h4-7,10-14,21H,8-9H2,1-3H3,(H,26,30)(H,27,29)/t21-/m0/s1. The van der Waals surface area contributed by atoms with Crippen molar-refractivity contribution in [2.75, 3.05) is 20.8 Å². The van der Waals surface area contributed by atoms with Crippen molar-refractivity contribution < 1.29 is 19.1 Å². The predicted octanol–water partition coefficient (Wildman–Crippen LogP) is 3.12. The number of nitrogens with zero attached hydrogens (tertiary/aromatic N) is 2. The Kier molecular flexibility index (Phi) is 7.72. The van der Waals surface area contributed by atoms with E-state index in [-0.39, 0.29) is 24.8 Å². The van der Waals surface area contributed by atoms with Crippen molar-refractivity contribution in [2.24, 2.45) is 7.05 Å². The van der Waals surface area contributed by atoms with Crippen LogP contribution in [0, 0.1) is 0 Å². The van der Waals surface area contributed by atoms with Gasteiger partial charge >= 0.3 is 0 Å². The first-order chi connectivity index (χ1) is 15.4. The first-order valence-electron chi connectivity index (χ1n) is 9.94. The Hall–Kier alpha value is -3.52. The van der Waals surface area contributed by atoms with E-state index in [9.17, 15) is 9.59 Å². The second kappa shape index (κ2) is 10.7. The van der Waals surface area contributed by atoms with Crippen LogP contribution in [0.25, 0.3) is 0 Å². The minimum absolute atomic E-state index is 0.0986. The molecule has 2 amide bonds. The van der Waals surface area contributed by atoms with Crippen LogP contribution in [0.2, 0.25) is 5.02 Å². The van der Waals surface area contributed by atoms with Gasteiger partial charge in [-0.15, -0.1) is 0 Å². The van der Waals surface area contributed by atoms with Crippen molar-refractivity contribution in [1.29, 1.82) is 0 Å². The molecule has 1 heterocycles. The van der Waals surface area contributed by atoms with Gasteiger partial charge < -0.3 is 24.7 Å². The van der Waals surface area contributed by atoms with Crippen molar-refractivity contribution in [3.63, 3.8) is 0 Å². The van der Waals surface area contributed by atoms with Crippen molar-refractivity contribution in [3.05, 3.63) is 76.8 Å². The fourth-order valence-corrected chi connectivity index (χ4v) is 3.30. The summed E-state index contributed by atoms with van der Waals surface area (Å²) < 4.78 is 12.6. The summed E-state index contributed by atoms with van der Waals surface area (Å²) in [6, 6.07) is 11.4. The van der Waals surface area contributed by atoms with E-state index < -0.39 is 6.04 Å². The molecule has 9 heteroatoms. The lowest BCUT2D eigenvalue weighted by molar-refractivity contribution is -0.121. The van der Waals surface area contributed by atoms with E-state index in [0.29, 0.717) is 27.9 Å². The first kappa shape index (κ1) is 23.1. The number of nitrogens with one attached hydrogen (secondary N) is 2. The molecule has 0 saturated carbocycles. The van der Waals surface area contributed by atoms with E-state index in [1.807, 2.05) is 23.7 Å². The normalized spacial score (nSPS) is 11.5. The SMILES string of the molecule is COc1cc(OC)cc([C@H](NC(=O)CCNC(=O)c2ccc(Cl)cc2)c2nccn2C)c1. The van der Waals surface area contributed by atoms with Crippen LogP contribution >= 0.6 is 11.6 Å². The van der Waals surface area contributed by atoms with E-state index in [0.717, 1.165) is 5.56 Å². The lowest BCUT2D eigenvalue weighted by Crippen LogP contribution is -2.34. The van der Waals surface area contributed by atoms with Gasteiger partial charge in [-0.2, -0.15) is 0 Å². The molecular weight excluding hydrogens is 432 g/mol. The van der Waals surface area contributed by atoms with Crippen LogP contribution in [0.5, 0.6) is 11.5 Å². The van der Waals surface area contributed by atoms with E-state index >= 15 is 0 Å². The Balaban J connectivity index is 1.70. The highest BCUT2D eigenvalue weighted by Gasteiger charge is 2.22. The highest BCUT2D eigenvalue weighted by atomic mass is 35.5. The fourth-order valence-electron chi connectivity index (χ4n) is 3.17. The highest BCUT2D eigenvalue weighted by Crippen LogP contribution is 2.29. The van der Waals surface area contributed by atoms with Gasteiger partial charge in [0.25, 0.3) is 5.91 Å². The molecule has 0 aliphatic heterocycles. The number of methoxy groups -OCH3 is 2. The highest BCUT2D eigenvalue weighted by molar-refractivity contribution is 6.30. The Morgan fingerprint density at radius 3 is 2.31 bits per heavy atom. The van der Waals surface area contributed by atoms with Gasteiger partial charge in [-0.25, -0.2) is 4.98 Å². The third kappa shape index (κ3) is 5.79. The molecule has 0 saturated heterocycles. The van der Waals surface area contributed by atoms with E-state index in [1.54, 1.807) is 56.9 Å². The number of aromatic nitrogens is 2. The number of rotatable bonds is 9. The molecule has 0 aliphatic carbocycles. The summed E-state index contributed by atoms with van der Waals surface area (Å²) in [5, 5.41) is 6.29. The molecule has 8 nitrogen and oxygen atoms in total.